The van der Waals surface area contributed by atoms with E-state index in [9.17, 15) is 8.42 Å². The van der Waals surface area contributed by atoms with E-state index in [0.29, 0.717) is 22.8 Å². The lowest BCUT2D eigenvalue weighted by Gasteiger charge is -2.24. The summed E-state index contributed by atoms with van der Waals surface area (Å²) in [4.78, 5) is 0.273. The van der Waals surface area contributed by atoms with E-state index in [4.69, 9.17) is 17.3 Å². The number of hydrogen-bond acceptors (Lipinski definition) is 3. The van der Waals surface area contributed by atoms with Crippen LogP contribution in [-0.4, -0.2) is 25.3 Å². The number of nitrogen functional groups attached to an aromatic ring is 1. The molecule has 1 fully saturated rings. The molecule has 2 rings (SSSR count). The number of rotatable bonds is 3. The highest BCUT2D eigenvalue weighted by molar-refractivity contribution is 7.89. The van der Waals surface area contributed by atoms with Crippen LogP contribution in [0.25, 0.3) is 0 Å². The Balaban J connectivity index is 2.48. The highest BCUT2D eigenvalue weighted by Gasteiger charge is 2.35. The molecular weight excluding hydrogens is 284 g/mol. The van der Waals surface area contributed by atoms with Crippen molar-refractivity contribution in [2.45, 2.75) is 44.0 Å². The van der Waals surface area contributed by atoms with Crippen molar-refractivity contribution in [3.8, 4) is 0 Å². The molecule has 2 N–H and O–H groups in total. The normalized spacial score (nSPS) is 20.9. The molecule has 4 nitrogen and oxygen atoms in total. The minimum atomic E-state index is -3.48. The summed E-state index contributed by atoms with van der Waals surface area (Å²) in [6.07, 6.45) is 2.68. The summed E-state index contributed by atoms with van der Waals surface area (Å²) >= 11 is 5.92. The van der Waals surface area contributed by atoms with Crippen molar-refractivity contribution in [3.63, 3.8) is 0 Å². The van der Waals surface area contributed by atoms with Crippen molar-refractivity contribution in [1.29, 1.82) is 0 Å². The van der Waals surface area contributed by atoms with Gasteiger partial charge in [0.15, 0.2) is 0 Å². The largest absolute Gasteiger partial charge is 0.397 e. The number of nitrogens with zero attached hydrogens (tertiary/aromatic N) is 1. The molecule has 0 bridgehead atoms. The molecular formula is C13H19ClN2O2S. The van der Waals surface area contributed by atoms with Crippen molar-refractivity contribution in [1.82, 2.24) is 4.31 Å². The van der Waals surface area contributed by atoms with E-state index < -0.39 is 10.0 Å². The molecule has 0 aliphatic carbocycles. The van der Waals surface area contributed by atoms with Crippen molar-refractivity contribution in [2.75, 3.05) is 12.3 Å². The van der Waals surface area contributed by atoms with Crippen molar-refractivity contribution in [3.05, 3.63) is 22.7 Å². The summed E-state index contributed by atoms with van der Waals surface area (Å²) < 4.78 is 27.0. The van der Waals surface area contributed by atoms with Gasteiger partial charge in [0.2, 0.25) is 10.0 Å². The van der Waals surface area contributed by atoms with E-state index in [1.807, 2.05) is 6.92 Å². The van der Waals surface area contributed by atoms with Crippen LogP contribution in [0.4, 0.5) is 5.69 Å². The number of nitrogens with two attached hydrogens (primary N) is 1. The number of halogens is 1. The van der Waals surface area contributed by atoms with Crippen LogP contribution >= 0.6 is 11.6 Å². The van der Waals surface area contributed by atoms with Crippen LogP contribution in [0.15, 0.2) is 17.0 Å². The third-order valence-corrected chi connectivity index (χ3v) is 6.10. The average Bonchev–Trinajstić information content (AvgIpc) is 2.82. The van der Waals surface area contributed by atoms with E-state index >= 15 is 0 Å². The van der Waals surface area contributed by atoms with Gasteiger partial charge in [0.1, 0.15) is 0 Å². The van der Waals surface area contributed by atoms with Gasteiger partial charge in [-0.3, -0.25) is 0 Å². The molecule has 1 aliphatic heterocycles. The van der Waals surface area contributed by atoms with Gasteiger partial charge in [-0.1, -0.05) is 18.5 Å². The first-order valence-corrected chi connectivity index (χ1v) is 8.27. The minimum absolute atomic E-state index is 0.0984. The average molecular weight is 303 g/mol. The molecule has 6 heteroatoms. The Morgan fingerprint density at radius 3 is 2.79 bits per heavy atom. The molecule has 1 heterocycles. The number of benzene rings is 1. The first-order valence-electron chi connectivity index (χ1n) is 6.45. The summed E-state index contributed by atoms with van der Waals surface area (Å²) in [5, 5.41) is 0.393. The number of sulfonamides is 1. The zero-order valence-corrected chi connectivity index (χ0v) is 12.8. The van der Waals surface area contributed by atoms with Crippen LogP contribution in [-0.2, 0) is 10.0 Å². The first-order chi connectivity index (χ1) is 8.87. The van der Waals surface area contributed by atoms with Gasteiger partial charge in [0.25, 0.3) is 0 Å². The summed E-state index contributed by atoms with van der Waals surface area (Å²) in [5.41, 5.74) is 6.68. The number of hydrogen-bond donors (Lipinski definition) is 1. The van der Waals surface area contributed by atoms with Crippen molar-refractivity contribution >= 4 is 27.3 Å². The van der Waals surface area contributed by atoms with Crippen LogP contribution in [0, 0.1) is 6.92 Å². The van der Waals surface area contributed by atoms with Gasteiger partial charge in [0.05, 0.1) is 15.6 Å². The molecule has 1 unspecified atom stereocenters. The zero-order valence-electron chi connectivity index (χ0n) is 11.2. The maximum Gasteiger partial charge on any atom is 0.243 e. The Labute approximate surface area is 119 Å². The van der Waals surface area contributed by atoms with E-state index in [1.54, 1.807) is 17.3 Å². The van der Waals surface area contributed by atoms with Crippen LogP contribution in [0.5, 0.6) is 0 Å². The third-order valence-electron chi connectivity index (χ3n) is 3.68. The second-order valence-corrected chi connectivity index (χ2v) is 7.23. The van der Waals surface area contributed by atoms with Gasteiger partial charge in [-0.05, 0) is 43.9 Å². The lowest BCUT2D eigenvalue weighted by molar-refractivity contribution is 0.379. The van der Waals surface area contributed by atoms with Crippen molar-refractivity contribution in [2.24, 2.45) is 0 Å². The smallest absolute Gasteiger partial charge is 0.243 e. The fraction of sp³-hybridized carbons (Fsp3) is 0.538. The van der Waals surface area contributed by atoms with Crippen molar-refractivity contribution < 1.29 is 8.42 Å². The molecule has 106 valence electrons. The lowest BCUT2D eigenvalue weighted by atomic mass is 10.2. The molecule has 1 saturated heterocycles. The van der Waals surface area contributed by atoms with Gasteiger partial charge in [-0.25, -0.2) is 8.42 Å². The van der Waals surface area contributed by atoms with E-state index in [1.165, 1.54) is 6.07 Å². The predicted molar refractivity (Wildman–Crippen MR) is 77.8 cm³/mol. The predicted octanol–water partition coefficient (Wildman–Crippen LogP) is 2.79. The fourth-order valence-electron chi connectivity index (χ4n) is 2.61. The fourth-order valence-corrected chi connectivity index (χ4v) is 4.84. The van der Waals surface area contributed by atoms with Gasteiger partial charge in [-0.15, -0.1) is 0 Å². The Bertz CT molecular complexity index is 587. The highest BCUT2D eigenvalue weighted by atomic mass is 35.5. The molecule has 0 saturated carbocycles. The third kappa shape index (κ3) is 2.59. The molecule has 0 spiro atoms. The van der Waals surface area contributed by atoms with E-state index in [2.05, 4.69) is 0 Å². The monoisotopic (exact) mass is 302 g/mol. The Morgan fingerprint density at radius 2 is 2.16 bits per heavy atom. The Morgan fingerprint density at radius 1 is 1.47 bits per heavy atom. The first kappa shape index (κ1) is 14.6. The van der Waals surface area contributed by atoms with Gasteiger partial charge in [0, 0.05) is 12.6 Å². The summed E-state index contributed by atoms with van der Waals surface area (Å²) in [5.74, 6) is 0. The van der Waals surface area contributed by atoms with Crippen LogP contribution in [0.1, 0.15) is 31.7 Å². The molecule has 19 heavy (non-hydrogen) atoms. The Kier molecular flexibility index (Phi) is 4.08. The molecule has 1 atom stereocenters. The molecule has 0 amide bonds. The molecule has 0 radical (unpaired) electrons. The topological polar surface area (TPSA) is 63.4 Å². The maximum atomic E-state index is 12.7. The van der Waals surface area contributed by atoms with Crippen LogP contribution < -0.4 is 5.73 Å². The van der Waals surface area contributed by atoms with Gasteiger partial charge >= 0.3 is 0 Å². The van der Waals surface area contributed by atoms with E-state index in [-0.39, 0.29) is 10.9 Å². The number of aryl methyl sites for hydroxylation is 1. The number of anilines is 1. The molecule has 0 aromatic heterocycles. The second-order valence-electron chi connectivity index (χ2n) is 4.96. The minimum Gasteiger partial charge on any atom is -0.397 e. The molecule has 1 aromatic rings. The summed E-state index contributed by atoms with van der Waals surface area (Å²) in [7, 11) is -3.48. The van der Waals surface area contributed by atoms with Gasteiger partial charge < -0.3 is 5.73 Å². The molecule has 1 aromatic carbocycles. The highest BCUT2D eigenvalue weighted by Crippen LogP contribution is 2.32. The summed E-state index contributed by atoms with van der Waals surface area (Å²) in [6, 6.07) is 3.18. The van der Waals surface area contributed by atoms with Crippen LogP contribution in [0.3, 0.4) is 0 Å². The standard InChI is InChI=1S/C13H19ClN2O2S/c1-3-10-5-4-6-16(10)19(17,18)13-8-12(15)11(14)7-9(13)2/h7-8,10H,3-6,15H2,1-2H3. The zero-order chi connectivity index (χ0) is 14.2. The SMILES string of the molecule is CCC1CCCN1S(=O)(=O)c1cc(N)c(Cl)cc1C. The molecule has 1 aliphatic rings. The van der Waals surface area contributed by atoms with Gasteiger partial charge in [-0.2, -0.15) is 4.31 Å². The quantitative estimate of drug-likeness (QED) is 0.873. The maximum absolute atomic E-state index is 12.7. The lowest BCUT2D eigenvalue weighted by Crippen LogP contribution is -2.35. The second kappa shape index (κ2) is 5.31. The van der Waals surface area contributed by atoms with Crippen LogP contribution in [0.2, 0.25) is 5.02 Å². The summed E-state index contributed by atoms with van der Waals surface area (Å²) in [6.45, 7) is 4.35. The Hall–Kier alpha value is -0.780. The van der Waals surface area contributed by atoms with E-state index in [0.717, 1.165) is 19.3 Å².